The fraction of sp³-hybridized carbons (Fsp3) is 0.571. The van der Waals surface area contributed by atoms with Gasteiger partial charge in [-0.15, -0.1) is 17.0 Å². The largest absolute Gasteiger partial charge is 0.493 e. The maximum atomic E-state index is 13.7. The molecule has 1 aliphatic carbocycles. The number of para-hydroxylation sites is 1. The van der Waals surface area contributed by atoms with Gasteiger partial charge >= 0.3 is 0 Å². The molecule has 1 saturated carbocycles. The van der Waals surface area contributed by atoms with Crippen molar-refractivity contribution in [3.8, 4) is 5.75 Å². The molecule has 102 valence electrons. The molecule has 1 fully saturated rings. The van der Waals surface area contributed by atoms with Crippen LogP contribution in [0.25, 0.3) is 0 Å². The number of hydrogen-bond acceptors (Lipinski definition) is 2. The summed E-state index contributed by atoms with van der Waals surface area (Å²) in [4.78, 5) is 0. The molecule has 0 unspecified atom stereocenters. The topological polar surface area (TPSA) is 35.2 Å². The fourth-order valence-electron chi connectivity index (χ4n) is 2.95. The first-order valence-electron chi connectivity index (χ1n) is 6.26. The first-order chi connectivity index (χ1) is 8.23. The summed E-state index contributed by atoms with van der Waals surface area (Å²) >= 11 is 0. The quantitative estimate of drug-likeness (QED) is 0.925. The van der Waals surface area contributed by atoms with Crippen LogP contribution in [0.1, 0.15) is 37.7 Å². The summed E-state index contributed by atoms with van der Waals surface area (Å²) in [6, 6.07) is 5.15. The third kappa shape index (κ3) is 2.69. The molecule has 1 aromatic carbocycles. The number of ether oxygens (including phenoxy) is 1. The van der Waals surface area contributed by atoms with E-state index >= 15 is 0 Å². The maximum absolute atomic E-state index is 13.7. The van der Waals surface area contributed by atoms with Crippen molar-refractivity contribution < 1.29 is 9.13 Å². The fourth-order valence-corrected chi connectivity index (χ4v) is 2.95. The van der Waals surface area contributed by atoms with Gasteiger partial charge in [-0.25, -0.2) is 4.39 Å². The zero-order valence-corrected chi connectivity index (χ0v) is 12.5. The molecule has 4 heteroatoms. The van der Waals surface area contributed by atoms with Crippen molar-refractivity contribution in [3.05, 3.63) is 29.6 Å². The SMILES string of the molecule is Br.COc1c(F)cccc1C1(CN)CCCCC1. The van der Waals surface area contributed by atoms with Crippen molar-refractivity contribution in [1.29, 1.82) is 0 Å². The molecule has 2 rings (SSSR count). The molecule has 2 nitrogen and oxygen atoms in total. The first-order valence-corrected chi connectivity index (χ1v) is 6.26. The molecule has 18 heavy (non-hydrogen) atoms. The molecule has 0 aliphatic heterocycles. The van der Waals surface area contributed by atoms with Gasteiger partial charge in [0.15, 0.2) is 11.6 Å². The maximum Gasteiger partial charge on any atom is 0.165 e. The van der Waals surface area contributed by atoms with Crippen LogP contribution in [0, 0.1) is 5.82 Å². The summed E-state index contributed by atoms with van der Waals surface area (Å²) in [5, 5.41) is 0. The smallest absolute Gasteiger partial charge is 0.165 e. The lowest BCUT2D eigenvalue weighted by Gasteiger charge is -2.37. The Morgan fingerprint density at radius 1 is 1.28 bits per heavy atom. The molecule has 0 radical (unpaired) electrons. The summed E-state index contributed by atoms with van der Waals surface area (Å²) in [5.74, 6) is 0.0863. The highest BCUT2D eigenvalue weighted by Crippen LogP contribution is 2.43. The van der Waals surface area contributed by atoms with E-state index in [-0.39, 0.29) is 28.2 Å². The van der Waals surface area contributed by atoms with Gasteiger partial charge in [0, 0.05) is 17.5 Å². The van der Waals surface area contributed by atoms with E-state index in [2.05, 4.69) is 0 Å². The minimum atomic E-state index is -0.289. The second kappa shape index (κ2) is 6.53. The molecule has 0 atom stereocenters. The van der Waals surface area contributed by atoms with Gasteiger partial charge in [-0.3, -0.25) is 0 Å². The summed E-state index contributed by atoms with van der Waals surface area (Å²) in [6.07, 6.45) is 5.64. The Hall–Kier alpha value is -0.610. The molecule has 0 bridgehead atoms. The predicted molar refractivity (Wildman–Crippen MR) is 77.1 cm³/mol. The van der Waals surface area contributed by atoms with Gasteiger partial charge in [0.1, 0.15) is 0 Å². The van der Waals surface area contributed by atoms with Crippen molar-refractivity contribution in [1.82, 2.24) is 0 Å². The van der Waals surface area contributed by atoms with Crippen LogP contribution in [0.15, 0.2) is 18.2 Å². The van der Waals surface area contributed by atoms with Crippen LogP contribution in [0.4, 0.5) is 4.39 Å². The Bertz CT molecular complexity index is 391. The normalized spacial score (nSPS) is 17.9. The Balaban J connectivity index is 0.00000162. The van der Waals surface area contributed by atoms with Gasteiger partial charge < -0.3 is 10.5 Å². The van der Waals surface area contributed by atoms with Crippen LogP contribution in [-0.4, -0.2) is 13.7 Å². The van der Waals surface area contributed by atoms with Crippen LogP contribution < -0.4 is 10.5 Å². The molecule has 0 saturated heterocycles. The Kier molecular flexibility index (Phi) is 5.60. The monoisotopic (exact) mass is 317 g/mol. The molecule has 0 aromatic heterocycles. The summed E-state index contributed by atoms with van der Waals surface area (Å²) < 4.78 is 19.0. The number of benzene rings is 1. The van der Waals surface area contributed by atoms with Crippen LogP contribution in [-0.2, 0) is 5.41 Å². The Labute approximate surface area is 118 Å². The van der Waals surface area contributed by atoms with Gasteiger partial charge in [-0.05, 0) is 18.9 Å². The van der Waals surface area contributed by atoms with Crippen molar-refractivity contribution in [2.24, 2.45) is 5.73 Å². The average molecular weight is 318 g/mol. The molecular weight excluding hydrogens is 297 g/mol. The number of methoxy groups -OCH3 is 1. The minimum absolute atomic E-state index is 0. The van der Waals surface area contributed by atoms with Crippen LogP contribution in [0.2, 0.25) is 0 Å². The van der Waals surface area contributed by atoms with E-state index in [4.69, 9.17) is 10.5 Å². The van der Waals surface area contributed by atoms with Gasteiger partial charge in [0.05, 0.1) is 7.11 Å². The van der Waals surface area contributed by atoms with E-state index in [0.717, 1.165) is 31.2 Å². The standard InChI is InChI=1S/C14H20FNO.BrH/c1-17-13-11(6-5-7-12(13)15)14(10-16)8-3-2-4-9-14;/h5-7H,2-4,8-10,16H2,1H3;1H. The lowest BCUT2D eigenvalue weighted by molar-refractivity contribution is 0.283. The molecule has 0 heterocycles. The van der Waals surface area contributed by atoms with Gasteiger partial charge in [0.2, 0.25) is 0 Å². The van der Waals surface area contributed by atoms with Crippen molar-refractivity contribution in [2.75, 3.05) is 13.7 Å². The number of nitrogens with two attached hydrogens (primary N) is 1. The van der Waals surface area contributed by atoms with E-state index in [0.29, 0.717) is 12.3 Å². The number of rotatable bonds is 3. The van der Waals surface area contributed by atoms with E-state index < -0.39 is 0 Å². The van der Waals surface area contributed by atoms with Crippen LogP contribution in [0.3, 0.4) is 0 Å². The van der Waals surface area contributed by atoms with Gasteiger partial charge in [-0.2, -0.15) is 0 Å². The third-order valence-corrected chi connectivity index (χ3v) is 3.94. The number of hydrogen-bond donors (Lipinski definition) is 1. The van der Waals surface area contributed by atoms with Crippen molar-refractivity contribution in [3.63, 3.8) is 0 Å². The second-order valence-electron chi connectivity index (χ2n) is 4.87. The molecule has 0 amide bonds. The Morgan fingerprint density at radius 3 is 2.50 bits per heavy atom. The van der Waals surface area contributed by atoms with Crippen LogP contribution >= 0.6 is 17.0 Å². The van der Waals surface area contributed by atoms with Gasteiger partial charge in [-0.1, -0.05) is 31.4 Å². The highest BCUT2D eigenvalue weighted by molar-refractivity contribution is 8.93. The highest BCUT2D eigenvalue weighted by Gasteiger charge is 2.35. The average Bonchev–Trinajstić information content (AvgIpc) is 2.39. The lowest BCUT2D eigenvalue weighted by Crippen LogP contribution is -2.37. The molecule has 1 aromatic rings. The first kappa shape index (κ1) is 15.4. The lowest BCUT2D eigenvalue weighted by atomic mass is 9.69. The predicted octanol–water partition coefficient (Wildman–Crippen LogP) is 3.57. The minimum Gasteiger partial charge on any atom is -0.493 e. The van der Waals surface area contributed by atoms with Gasteiger partial charge in [0.25, 0.3) is 0 Å². The zero-order valence-electron chi connectivity index (χ0n) is 10.7. The van der Waals surface area contributed by atoms with E-state index in [1.807, 2.05) is 6.07 Å². The summed E-state index contributed by atoms with van der Waals surface area (Å²) in [7, 11) is 1.52. The Morgan fingerprint density at radius 2 is 1.94 bits per heavy atom. The molecule has 0 spiro atoms. The highest BCUT2D eigenvalue weighted by atomic mass is 79.9. The molecule has 1 aliphatic rings. The van der Waals surface area contributed by atoms with E-state index in [9.17, 15) is 4.39 Å². The summed E-state index contributed by atoms with van der Waals surface area (Å²) in [6.45, 7) is 0.562. The van der Waals surface area contributed by atoms with Crippen LogP contribution in [0.5, 0.6) is 5.75 Å². The zero-order chi connectivity index (χ0) is 12.3. The van der Waals surface area contributed by atoms with Crippen molar-refractivity contribution >= 4 is 17.0 Å². The second-order valence-corrected chi connectivity index (χ2v) is 4.87. The molecular formula is C14H21BrFNO. The molecule has 2 N–H and O–H groups in total. The summed E-state index contributed by atoms with van der Waals surface area (Å²) in [5.41, 5.74) is 6.82. The number of halogens is 2. The van der Waals surface area contributed by atoms with E-state index in [1.54, 1.807) is 6.07 Å². The van der Waals surface area contributed by atoms with Crippen molar-refractivity contribution in [2.45, 2.75) is 37.5 Å². The third-order valence-electron chi connectivity index (χ3n) is 3.94. The van der Waals surface area contributed by atoms with E-state index in [1.165, 1.54) is 19.6 Å².